The standard InChI is InChI=1S/C16H17N7O.ClH/c24-16(15-12-9-17-3-2-13(12)21-22-15)20-8-11-1-4-19-14(7-11)23-6-5-18-10-23;/h1,4-7,10,17H,2-3,8-9H2,(H,20,24)(H,21,22);1H. The van der Waals surface area contributed by atoms with Gasteiger partial charge in [0.2, 0.25) is 0 Å². The fourth-order valence-electron chi connectivity index (χ4n) is 2.79. The van der Waals surface area contributed by atoms with Crippen LogP contribution in [0, 0.1) is 0 Å². The summed E-state index contributed by atoms with van der Waals surface area (Å²) in [5.41, 5.74) is 3.45. The molecule has 1 aliphatic heterocycles. The fraction of sp³-hybridized carbons (Fsp3) is 0.250. The molecule has 0 atom stereocenters. The van der Waals surface area contributed by atoms with E-state index in [2.05, 4.69) is 30.8 Å². The molecule has 0 unspecified atom stereocenters. The Morgan fingerprint density at radius 1 is 1.36 bits per heavy atom. The number of carbonyl (C=O) groups excluding carboxylic acids is 1. The molecule has 8 nitrogen and oxygen atoms in total. The number of hydrogen-bond acceptors (Lipinski definition) is 5. The normalized spacial score (nSPS) is 13.0. The van der Waals surface area contributed by atoms with E-state index in [0.717, 1.165) is 35.6 Å². The van der Waals surface area contributed by atoms with Crippen LogP contribution in [0.2, 0.25) is 0 Å². The SMILES string of the molecule is Cl.O=C(NCc1ccnc(-n2ccnc2)c1)c1n[nH]c2c1CNCC2. The van der Waals surface area contributed by atoms with Crippen molar-refractivity contribution in [2.24, 2.45) is 0 Å². The summed E-state index contributed by atoms with van der Waals surface area (Å²) >= 11 is 0. The average Bonchev–Trinajstić information content (AvgIpc) is 3.29. The van der Waals surface area contributed by atoms with Crippen molar-refractivity contribution in [3.05, 3.63) is 59.6 Å². The molecule has 9 heteroatoms. The van der Waals surface area contributed by atoms with Gasteiger partial charge < -0.3 is 10.6 Å². The van der Waals surface area contributed by atoms with Crippen molar-refractivity contribution in [3.8, 4) is 5.82 Å². The van der Waals surface area contributed by atoms with Crippen LogP contribution in [0.15, 0.2) is 37.1 Å². The average molecular weight is 360 g/mol. The second kappa shape index (κ2) is 7.45. The van der Waals surface area contributed by atoms with Gasteiger partial charge in [0.15, 0.2) is 5.69 Å². The largest absolute Gasteiger partial charge is 0.347 e. The lowest BCUT2D eigenvalue weighted by Gasteiger charge is -2.13. The second-order valence-corrected chi connectivity index (χ2v) is 5.63. The number of pyridine rings is 1. The van der Waals surface area contributed by atoms with Gasteiger partial charge in [0, 0.05) is 55.9 Å². The Bertz CT molecular complexity index is 859. The van der Waals surface area contributed by atoms with Crippen molar-refractivity contribution in [1.29, 1.82) is 0 Å². The fourth-order valence-corrected chi connectivity index (χ4v) is 2.79. The summed E-state index contributed by atoms with van der Waals surface area (Å²) < 4.78 is 1.82. The molecule has 0 bridgehead atoms. The number of fused-ring (bicyclic) bond motifs is 1. The zero-order chi connectivity index (χ0) is 16.4. The maximum absolute atomic E-state index is 12.4. The lowest BCUT2D eigenvalue weighted by molar-refractivity contribution is 0.0944. The maximum atomic E-state index is 12.4. The van der Waals surface area contributed by atoms with E-state index in [0.29, 0.717) is 18.8 Å². The van der Waals surface area contributed by atoms with Crippen LogP contribution in [-0.4, -0.2) is 37.2 Å². The third kappa shape index (κ3) is 3.54. The minimum atomic E-state index is -0.169. The molecule has 0 saturated carbocycles. The van der Waals surface area contributed by atoms with Gasteiger partial charge in [-0.2, -0.15) is 5.10 Å². The molecule has 4 rings (SSSR count). The van der Waals surface area contributed by atoms with E-state index in [4.69, 9.17) is 0 Å². The zero-order valence-electron chi connectivity index (χ0n) is 13.4. The highest BCUT2D eigenvalue weighted by Crippen LogP contribution is 2.15. The first-order chi connectivity index (χ1) is 11.8. The number of rotatable bonds is 4. The number of amides is 1. The molecule has 0 fully saturated rings. The summed E-state index contributed by atoms with van der Waals surface area (Å²) in [6, 6.07) is 3.80. The summed E-state index contributed by atoms with van der Waals surface area (Å²) in [4.78, 5) is 20.7. The van der Waals surface area contributed by atoms with Gasteiger partial charge in [0.05, 0.1) is 0 Å². The van der Waals surface area contributed by atoms with Gasteiger partial charge in [-0.05, 0) is 17.7 Å². The van der Waals surface area contributed by atoms with Crippen molar-refractivity contribution in [3.63, 3.8) is 0 Å². The molecule has 0 radical (unpaired) electrons. The predicted molar refractivity (Wildman–Crippen MR) is 93.8 cm³/mol. The van der Waals surface area contributed by atoms with Gasteiger partial charge in [-0.15, -0.1) is 12.4 Å². The van der Waals surface area contributed by atoms with Gasteiger partial charge >= 0.3 is 0 Å². The smallest absolute Gasteiger partial charge is 0.272 e. The van der Waals surface area contributed by atoms with Crippen LogP contribution in [0.1, 0.15) is 27.3 Å². The topological polar surface area (TPSA) is 101 Å². The Balaban J connectivity index is 0.00000182. The van der Waals surface area contributed by atoms with Crippen molar-refractivity contribution in [1.82, 2.24) is 35.4 Å². The van der Waals surface area contributed by atoms with Crippen LogP contribution in [0.3, 0.4) is 0 Å². The van der Waals surface area contributed by atoms with Crippen LogP contribution in [0.5, 0.6) is 0 Å². The summed E-state index contributed by atoms with van der Waals surface area (Å²) in [6.07, 6.45) is 7.80. The van der Waals surface area contributed by atoms with Crippen molar-refractivity contribution < 1.29 is 4.79 Å². The molecule has 0 aromatic carbocycles. The van der Waals surface area contributed by atoms with Crippen LogP contribution in [0.4, 0.5) is 0 Å². The number of imidazole rings is 1. The van der Waals surface area contributed by atoms with E-state index in [1.807, 2.05) is 22.9 Å². The second-order valence-electron chi connectivity index (χ2n) is 5.63. The van der Waals surface area contributed by atoms with Crippen LogP contribution < -0.4 is 10.6 Å². The number of halogens is 1. The summed E-state index contributed by atoms with van der Waals surface area (Å²) in [6.45, 7) is 2.00. The first kappa shape index (κ1) is 17.1. The number of hydrogen-bond donors (Lipinski definition) is 3. The van der Waals surface area contributed by atoms with Gasteiger partial charge in [0.1, 0.15) is 12.1 Å². The van der Waals surface area contributed by atoms with Crippen molar-refractivity contribution >= 4 is 18.3 Å². The van der Waals surface area contributed by atoms with Crippen LogP contribution >= 0.6 is 12.4 Å². The Morgan fingerprint density at radius 2 is 2.28 bits per heavy atom. The number of aromatic amines is 1. The monoisotopic (exact) mass is 359 g/mol. The summed E-state index contributed by atoms with van der Waals surface area (Å²) in [5, 5.41) is 13.3. The molecule has 3 aromatic heterocycles. The molecule has 0 aliphatic carbocycles. The highest BCUT2D eigenvalue weighted by atomic mass is 35.5. The van der Waals surface area contributed by atoms with E-state index in [-0.39, 0.29) is 18.3 Å². The maximum Gasteiger partial charge on any atom is 0.272 e. The summed E-state index contributed by atoms with van der Waals surface area (Å²) in [5.74, 6) is 0.595. The van der Waals surface area contributed by atoms with Crippen molar-refractivity contribution in [2.45, 2.75) is 19.5 Å². The van der Waals surface area contributed by atoms with E-state index >= 15 is 0 Å². The van der Waals surface area contributed by atoms with Gasteiger partial charge in [-0.25, -0.2) is 9.97 Å². The Kier molecular flexibility index (Phi) is 5.11. The third-order valence-electron chi connectivity index (χ3n) is 4.05. The Morgan fingerprint density at radius 3 is 3.12 bits per heavy atom. The molecule has 0 saturated heterocycles. The minimum Gasteiger partial charge on any atom is -0.347 e. The lowest BCUT2D eigenvalue weighted by Crippen LogP contribution is -2.28. The lowest BCUT2D eigenvalue weighted by atomic mass is 10.1. The Hall–Kier alpha value is -2.71. The first-order valence-corrected chi connectivity index (χ1v) is 7.79. The van der Waals surface area contributed by atoms with Crippen LogP contribution in [0.25, 0.3) is 5.82 Å². The first-order valence-electron chi connectivity index (χ1n) is 7.79. The molecule has 1 aliphatic rings. The number of H-pyrrole nitrogens is 1. The molecular weight excluding hydrogens is 342 g/mol. The molecular formula is C16H18ClN7O. The van der Waals surface area contributed by atoms with E-state index in [9.17, 15) is 4.79 Å². The molecule has 25 heavy (non-hydrogen) atoms. The van der Waals surface area contributed by atoms with Gasteiger partial charge in [-0.1, -0.05) is 0 Å². The number of nitrogens with zero attached hydrogens (tertiary/aromatic N) is 4. The van der Waals surface area contributed by atoms with E-state index in [1.54, 1.807) is 18.7 Å². The van der Waals surface area contributed by atoms with E-state index < -0.39 is 0 Å². The number of nitrogens with one attached hydrogen (secondary N) is 3. The minimum absolute atomic E-state index is 0. The van der Waals surface area contributed by atoms with Gasteiger partial charge in [0.25, 0.3) is 5.91 Å². The highest BCUT2D eigenvalue weighted by molar-refractivity contribution is 5.94. The molecule has 3 N–H and O–H groups in total. The molecule has 3 aromatic rings. The quantitative estimate of drug-likeness (QED) is 0.645. The zero-order valence-corrected chi connectivity index (χ0v) is 14.2. The molecule has 0 spiro atoms. The number of aromatic nitrogens is 5. The van der Waals surface area contributed by atoms with E-state index in [1.165, 1.54) is 0 Å². The predicted octanol–water partition coefficient (Wildman–Crippen LogP) is 0.988. The molecule has 130 valence electrons. The number of carbonyl (C=O) groups is 1. The van der Waals surface area contributed by atoms with Gasteiger partial charge in [-0.3, -0.25) is 14.5 Å². The summed E-state index contributed by atoms with van der Waals surface area (Å²) in [7, 11) is 0. The van der Waals surface area contributed by atoms with Crippen LogP contribution in [-0.2, 0) is 19.5 Å². The third-order valence-corrected chi connectivity index (χ3v) is 4.05. The molecule has 4 heterocycles. The molecule has 1 amide bonds. The van der Waals surface area contributed by atoms with Crippen molar-refractivity contribution in [2.75, 3.05) is 6.54 Å². The highest BCUT2D eigenvalue weighted by Gasteiger charge is 2.21. The Labute approximate surface area is 150 Å².